The molecule has 0 saturated heterocycles. The van der Waals surface area contributed by atoms with Crippen LogP contribution >= 0.6 is 12.4 Å². The number of hydrogen-bond acceptors (Lipinski definition) is 2. The van der Waals surface area contributed by atoms with Crippen LogP contribution in [0.2, 0.25) is 0 Å². The van der Waals surface area contributed by atoms with Crippen molar-refractivity contribution in [3.63, 3.8) is 0 Å². The molecule has 3 N–H and O–H groups in total. The van der Waals surface area contributed by atoms with Gasteiger partial charge in [0.2, 0.25) is 5.91 Å². The SMILES string of the molecule is Cc1ccc(C(N)C(=O)NC2CCC(C)CC2)cc1.Cl. The normalized spacial score (nSPS) is 23.6. The third-order valence-corrected chi connectivity index (χ3v) is 4.08. The first-order chi connectivity index (χ1) is 9.06. The Kier molecular flexibility index (Phi) is 6.50. The maximum atomic E-state index is 12.1. The molecule has 2 rings (SSSR count). The van der Waals surface area contributed by atoms with Crippen LogP contribution in [0.3, 0.4) is 0 Å². The highest BCUT2D eigenvalue weighted by Gasteiger charge is 2.23. The predicted molar refractivity (Wildman–Crippen MR) is 84.9 cm³/mol. The molecule has 0 aromatic heterocycles. The lowest BCUT2D eigenvalue weighted by molar-refractivity contribution is -0.123. The molecule has 0 radical (unpaired) electrons. The van der Waals surface area contributed by atoms with Crippen molar-refractivity contribution >= 4 is 18.3 Å². The van der Waals surface area contributed by atoms with Gasteiger partial charge in [-0.15, -0.1) is 12.4 Å². The number of nitrogens with one attached hydrogen (secondary N) is 1. The Hall–Kier alpha value is -1.06. The summed E-state index contributed by atoms with van der Waals surface area (Å²) < 4.78 is 0. The molecule has 4 heteroatoms. The number of halogens is 1. The van der Waals surface area contributed by atoms with Crippen LogP contribution in [0.1, 0.15) is 49.8 Å². The molecule has 1 atom stereocenters. The zero-order valence-electron chi connectivity index (χ0n) is 12.3. The summed E-state index contributed by atoms with van der Waals surface area (Å²) in [4.78, 5) is 12.1. The van der Waals surface area contributed by atoms with Gasteiger partial charge in [0, 0.05) is 6.04 Å². The summed E-state index contributed by atoms with van der Waals surface area (Å²) in [6.45, 7) is 4.30. The van der Waals surface area contributed by atoms with Gasteiger partial charge in [-0.2, -0.15) is 0 Å². The van der Waals surface area contributed by atoms with E-state index in [0.29, 0.717) is 6.04 Å². The van der Waals surface area contributed by atoms with E-state index in [1.165, 1.54) is 18.4 Å². The molecule has 1 fully saturated rings. The fourth-order valence-electron chi connectivity index (χ4n) is 2.62. The minimum Gasteiger partial charge on any atom is -0.352 e. The lowest BCUT2D eigenvalue weighted by Gasteiger charge is -2.28. The number of carbonyl (C=O) groups excluding carboxylic acids is 1. The maximum absolute atomic E-state index is 12.1. The fraction of sp³-hybridized carbons (Fsp3) is 0.562. The molecule has 3 nitrogen and oxygen atoms in total. The summed E-state index contributed by atoms with van der Waals surface area (Å²) >= 11 is 0. The average molecular weight is 297 g/mol. The molecular formula is C16H25ClN2O. The van der Waals surface area contributed by atoms with Crippen molar-refractivity contribution in [2.45, 2.75) is 51.6 Å². The average Bonchev–Trinajstić information content (AvgIpc) is 2.41. The first kappa shape index (κ1) is 17.0. The van der Waals surface area contributed by atoms with E-state index in [0.717, 1.165) is 24.3 Å². The van der Waals surface area contributed by atoms with Gasteiger partial charge in [-0.25, -0.2) is 0 Å². The predicted octanol–water partition coefficient (Wildman–Crippen LogP) is 3.11. The van der Waals surface area contributed by atoms with Crippen LogP contribution in [0.25, 0.3) is 0 Å². The van der Waals surface area contributed by atoms with E-state index >= 15 is 0 Å². The molecular weight excluding hydrogens is 272 g/mol. The van der Waals surface area contributed by atoms with Gasteiger partial charge in [0.15, 0.2) is 0 Å². The Bertz CT molecular complexity index is 425. The van der Waals surface area contributed by atoms with Gasteiger partial charge in [-0.05, 0) is 44.1 Å². The molecule has 0 bridgehead atoms. The van der Waals surface area contributed by atoms with Crippen molar-refractivity contribution in [3.8, 4) is 0 Å². The van der Waals surface area contributed by atoms with E-state index in [1.54, 1.807) is 0 Å². The molecule has 0 aliphatic heterocycles. The fourth-order valence-corrected chi connectivity index (χ4v) is 2.62. The highest BCUT2D eigenvalue weighted by molar-refractivity contribution is 5.85. The van der Waals surface area contributed by atoms with E-state index in [9.17, 15) is 4.79 Å². The van der Waals surface area contributed by atoms with Gasteiger partial charge < -0.3 is 11.1 Å². The van der Waals surface area contributed by atoms with Crippen LogP contribution in [0, 0.1) is 12.8 Å². The van der Waals surface area contributed by atoms with Gasteiger partial charge in [-0.1, -0.05) is 36.8 Å². The molecule has 0 heterocycles. The summed E-state index contributed by atoms with van der Waals surface area (Å²) in [5.74, 6) is 0.738. The van der Waals surface area contributed by atoms with Crippen molar-refractivity contribution in [3.05, 3.63) is 35.4 Å². The van der Waals surface area contributed by atoms with Crippen molar-refractivity contribution in [2.24, 2.45) is 11.7 Å². The maximum Gasteiger partial charge on any atom is 0.241 e. The highest BCUT2D eigenvalue weighted by atomic mass is 35.5. The molecule has 1 saturated carbocycles. The van der Waals surface area contributed by atoms with E-state index in [2.05, 4.69) is 12.2 Å². The summed E-state index contributed by atoms with van der Waals surface area (Å²) in [6, 6.07) is 7.60. The van der Waals surface area contributed by atoms with Crippen molar-refractivity contribution < 1.29 is 4.79 Å². The quantitative estimate of drug-likeness (QED) is 0.900. The number of hydrogen-bond donors (Lipinski definition) is 2. The third-order valence-electron chi connectivity index (χ3n) is 4.08. The van der Waals surface area contributed by atoms with E-state index in [1.807, 2.05) is 31.2 Å². The Morgan fingerprint density at radius 1 is 1.20 bits per heavy atom. The number of benzene rings is 1. The summed E-state index contributed by atoms with van der Waals surface area (Å²) in [5, 5.41) is 3.09. The van der Waals surface area contributed by atoms with Crippen LogP contribution in [0.15, 0.2) is 24.3 Å². The topological polar surface area (TPSA) is 55.1 Å². The van der Waals surface area contributed by atoms with Gasteiger partial charge in [0.25, 0.3) is 0 Å². The first-order valence-corrected chi connectivity index (χ1v) is 7.19. The zero-order valence-corrected chi connectivity index (χ0v) is 13.1. The molecule has 112 valence electrons. The van der Waals surface area contributed by atoms with Crippen LogP contribution in [0.4, 0.5) is 0 Å². The van der Waals surface area contributed by atoms with Gasteiger partial charge in [-0.3, -0.25) is 4.79 Å². The molecule has 1 aliphatic carbocycles. The molecule has 1 unspecified atom stereocenters. The molecule has 1 aliphatic rings. The summed E-state index contributed by atoms with van der Waals surface area (Å²) in [7, 11) is 0. The van der Waals surface area contributed by atoms with Gasteiger partial charge >= 0.3 is 0 Å². The van der Waals surface area contributed by atoms with Crippen LogP contribution in [-0.2, 0) is 4.79 Å². The molecule has 1 amide bonds. The Balaban J connectivity index is 0.00000200. The van der Waals surface area contributed by atoms with E-state index in [4.69, 9.17) is 5.73 Å². The second-order valence-electron chi connectivity index (χ2n) is 5.85. The molecule has 20 heavy (non-hydrogen) atoms. The van der Waals surface area contributed by atoms with E-state index < -0.39 is 6.04 Å². The number of rotatable bonds is 3. The molecule has 0 spiro atoms. The smallest absolute Gasteiger partial charge is 0.241 e. The van der Waals surface area contributed by atoms with Crippen molar-refractivity contribution in [1.29, 1.82) is 0 Å². The minimum absolute atomic E-state index is 0. The standard InChI is InChI=1S/C16H24N2O.ClH/c1-11-3-7-13(8-4-11)15(17)16(19)18-14-9-5-12(2)6-10-14;/h3-4,7-8,12,14-15H,5-6,9-10,17H2,1-2H3,(H,18,19);1H. The Labute approximate surface area is 127 Å². The van der Waals surface area contributed by atoms with E-state index in [-0.39, 0.29) is 18.3 Å². The number of aryl methyl sites for hydroxylation is 1. The van der Waals surface area contributed by atoms with Crippen molar-refractivity contribution in [2.75, 3.05) is 0 Å². The van der Waals surface area contributed by atoms with Crippen LogP contribution in [-0.4, -0.2) is 11.9 Å². The second-order valence-corrected chi connectivity index (χ2v) is 5.85. The van der Waals surface area contributed by atoms with Crippen LogP contribution < -0.4 is 11.1 Å². The van der Waals surface area contributed by atoms with Crippen LogP contribution in [0.5, 0.6) is 0 Å². The second kappa shape index (κ2) is 7.65. The molecule has 1 aromatic rings. The van der Waals surface area contributed by atoms with Crippen molar-refractivity contribution in [1.82, 2.24) is 5.32 Å². The zero-order chi connectivity index (χ0) is 13.8. The lowest BCUT2D eigenvalue weighted by atomic mass is 9.87. The Morgan fingerprint density at radius 2 is 1.75 bits per heavy atom. The summed E-state index contributed by atoms with van der Waals surface area (Å²) in [6.07, 6.45) is 4.55. The van der Waals surface area contributed by atoms with Gasteiger partial charge in [0.1, 0.15) is 6.04 Å². The monoisotopic (exact) mass is 296 g/mol. The summed E-state index contributed by atoms with van der Waals surface area (Å²) in [5.41, 5.74) is 8.08. The highest BCUT2D eigenvalue weighted by Crippen LogP contribution is 2.24. The van der Waals surface area contributed by atoms with Gasteiger partial charge in [0.05, 0.1) is 0 Å². The minimum atomic E-state index is -0.556. The number of amides is 1. The number of nitrogens with two attached hydrogens (primary N) is 1. The molecule has 1 aromatic carbocycles. The number of carbonyl (C=O) groups is 1. The Morgan fingerprint density at radius 3 is 2.30 bits per heavy atom. The third kappa shape index (κ3) is 4.50. The largest absolute Gasteiger partial charge is 0.352 e. The first-order valence-electron chi connectivity index (χ1n) is 7.19. The lowest BCUT2D eigenvalue weighted by Crippen LogP contribution is -2.42.